The predicted molar refractivity (Wildman–Crippen MR) is 68.2 cm³/mol. The molecular weight excluding hydrogens is 270 g/mol. The largest absolute Gasteiger partial charge is 0.497 e. The van der Waals surface area contributed by atoms with Crippen molar-refractivity contribution < 1.29 is 23.1 Å². The number of methoxy groups -OCH3 is 1. The first-order valence-corrected chi connectivity index (χ1v) is 6.65. The summed E-state index contributed by atoms with van der Waals surface area (Å²) in [6.45, 7) is -1.00. The number of terminal acetylenes is 1. The average molecular weight is 283 g/mol. The molecule has 0 atom stereocenters. The summed E-state index contributed by atoms with van der Waals surface area (Å²) in [5, 5.41) is 8.72. The summed E-state index contributed by atoms with van der Waals surface area (Å²) in [5.74, 6) is 1.21. The van der Waals surface area contributed by atoms with Crippen LogP contribution in [0.1, 0.15) is 0 Å². The SMILES string of the molecule is C#CCN(CC(=O)O)S(=O)(=O)c1cccc(OC)c1. The highest BCUT2D eigenvalue weighted by Crippen LogP contribution is 2.20. The number of aliphatic carboxylic acids is 1. The van der Waals surface area contributed by atoms with Crippen molar-refractivity contribution in [1.82, 2.24) is 4.31 Å². The van der Waals surface area contributed by atoms with E-state index in [4.69, 9.17) is 16.3 Å². The minimum atomic E-state index is -3.96. The molecule has 1 N–H and O–H groups in total. The molecule has 19 heavy (non-hydrogen) atoms. The van der Waals surface area contributed by atoms with Gasteiger partial charge in [-0.05, 0) is 12.1 Å². The van der Waals surface area contributed by atoms with E-state index in [0.29, 0.717) is 10.1 Å². The number of hydrogen-bond acceptors (Lipinski definition) is 4. The Morgan fingerprint density at radius 1 is 1.53 bits per heavy atom. The van der Waals surface area contributed by atoms with Crippen molar-refractivity contribution in [2.24, 2.45) is 0 Å². The van der Waals surface area contributed by atoms with E-state index in [-0.39, 0.29) is 11.4 Å². The molecule has 0 radical (unpaired) electrons. The molecule has 0 amide bonds. The highest BCUT2D eigenvalue weighted by molar-refractivity contribution is 7.89. The normalized spacial score (nSPS) is 11.0. The van der Waals surface area contributed by atoms with Gasteiger partial charge in [-0.25, -0.2) is 8.42 Å². The topological polar surface area (TPSA) is 83.9 Å². The molecule has 0 aromatic heterocycles. The highest BCUT2D eigenvalue weighted by Gasteiger charge is 2.26. The summed E-state index contributed by atoms with van der Waals surface area (Å²) in [6.07, 6.45) is 5.06. The number of sulfonamides is 1. The zero-order valence-electron chi connectivity index (χ0n) is 10.2. The first-order chi connectivity index (χ1) is 8.91. The van der Waals surface area contributed by atoms with E-state index >= 15 is 0 Å². The molecule has 1 rings (SSSR count). The van der Waals surface area contributed by atoms with Gasteiger partial charge in [0.1, 0.15) is 12.3 Å². The minimum Gasteiger partial charge on any atom is -0.497 e. The lowest BCUT2D eigenvalue weighted by molar-refractivity contribution is -0.137. The summed E-state index contributed by atoms with van der Waals surface area (Å²) < 4.78 is 30.1. The van der Waals surface area contributed by atoms with Crippen LogP contribution in [0.25, 0.3) is 0 Å². The second-order valence-electron chi connectivity index (χ2n) is 3.55. The van der Waals surface area contributed by atoms with Gasteiger partial charge in [0, 0.05) is 6.07 Å². The minimum absolute atomic E-state index is 0.0663. The third-order valence-corrected chi connectivity index (χ3v) is 4.05. The number of ether oxygens (including phenoxy) is 1. The molecule has 0 fully saturated rings. The van der Waals surface area contributed by atoms with Crippen LogP contribution in [0.5, 0.6) is 5.75 Å². The van der Waals surface area contributed by atoms with Gasteiger partial charge in [0.15, 0.2) is 0 Å². The molecule has 0 saturated heterocycles. The molecule has 102 valence electrons. The van der Waals surface area contributed by atoms with Crippen molar-refractivity contribution in [1.29, 1.82) is 0 Å². The van der Waals surface area contributed by atoms with Crippen LogP contribution in [0.4, 0.5) is 0 Å². The van der Waals surface area contributed by atoms with Gasteiger partial charge in [-0.3, -0.25) is 4.79 Å². The molecule has 1 aromatic rings. The lowest BCUT2D eigenvalue weighted by Crippen LogP contribution is -2.35. The van der Waals surface area contributed by atoms with E-state index in [1.54, 1.807) is 6.07 Å². The van der Waals surface area contributed by atoms with Crippen molar-refractivity contribution in [3.8, 4) is 18.1 Å². The number of nitrogens with zero attached hydrogens (tertiary/aromatic N) is 1. The molecule has 0 aliphatic rings. The van der Waals surface area contributed by atoms with Crippen molar-refractivity contribution in [3.63, 3.8) is 0 Å². The molecule has 0 spiro atoms. The van der Waals surface area contributed by atoms with Gasteiger partial charge < -0.3 is 9.84 Å². The van der Waals surface area contributed by atoms with E-state index in [1.807, 2.05) is 0 Å². The Kier molecular flexibility index (Phi) is 4.92. The van der Waals surface area contributed by atoms with Gasteiger partial charge in [-0.15, -0.1) is 6.42 Å². The molecule has 7 heteroatoms. The number of benzene rings is 1. The Balaban J connectivity index is 3.18. The molecule has 6 nitrogen and oxygen atoms in total. The lowest BCUT2D eigenvalue weighted by atomic mass is 10.3. The van der Waals surface area contributed by atoms with E-state index in [9.17, 15) is 13.2 Å². The third-order valence-electron chi connectivity index (χ3n) is 2.26. The maximum atomic E-state index is 12.2. The first kappa shape index (κ1) is 15.0. The quantitative estimate of drug-likeness (QED) is 0.764. The summed E-state index contributed by atoms with van der Waals surface area (Å²) in [4.78, 5) is 10.6. The van der Waals surface area contributed by atoms with Gasteiger partial charge in [-0.2, -0.15) is 4.31 Å². The van der Waals surface area contributed by atoms with Crippen molar-refractivity contribution >= 4 is 16.0 Å². The molecule has 0 aliphatic carbocycles. The van der Waals surface area contributed by atoms with Crippen LogP contribution in [0.3, 0.4) is 0 Å². The molecule has 0 heterocycles. The van der Waals surface area contributed by atoms with Crippen molar-refractivity contribution in [3.05, 3.63) is 24.3 Å². The van der Waals surface area contributed by atoms with Crippen molar-refractivity contribution in [2.75, 3.05) is 20.2 Å². The van der Waals surface area contributed by atoms with Crippen LogP contribution in [0.2, 0.25) is 0 Å². The monoisotopic (exact) mass is 283 g/mol. The number of rotatable bonds is 6. The van der Waals surface area contributed by atoms with Crippen LogP contribution in [0.15, 0.2) is 29.2 Å². The van der Waals surface area contributed by atoms with Gasteiger partial charge >= 0.3 is 5.97 Å². The highest BCUT2D eigenvalue weighted by atomic mass is 32.2. The number of carboxylic acid groups (broad SMARTS) is 1. The van der Waals surface area contributed by atoms with Crippen molar-refractivity contribution in [2.45, 2.75) is 4.90 Å². The van der Waals surface area contributed by atoms with Crippen LogP contribution in [0, 0.1) is 12.3 Å². The molecular formula is C12H13NO5S. The Labute approximate surface area is 111 Å². The Morgan fingerprint density at radius 3 is 2.74 bits per heavy atom. The fraction of sp³-hybridized carbons (Fsp3) is 0.250. The van der Waals surface area contributed by atoms with Crippen LogP contribution < -0.4 is 4.74 Å². The van der Waals surface area contributed by atoms with Gasteiger partial charge in [0.2, 0.25) is 10.0 Å². The second kappa shape index (κ2) is 6.22. The van der Waals surface area contributed by atoms with Gasteiger partial charge in [0.05, 0.1) is 18.6 Å². The number of carbonyl (C=O) groups is 1. The third kappa shape index (κ3) is 3.71. The second-order valence-corrected chi connectivity index (χ2v) is 5.49. The molecule has 0 aliphatic heterocycles. The Hall–Kier alpha value is -2.04. The summed E-state index contributed by atoms with van der Waals surface area (Å²) >= 11 is 0. The van der Waals surface area contributed by atoms with Gasteiger partial charge in [-0.1, -0.05) is 12.0 Å². The number of carboxylic acids is 1. The summed E-state index contributed by atoms with van der Waals surface area (Å²) in [5.41, 5.74) is 0. The first-order valence-electron chi connectivity index (χ1n) is 5.21. The van der Waals surface area contributed by atoms with Gasteiger partial charge in [0.25, 0.3) is 0 Å². The standard InChI is InChI=1S/C12H13NO5S/c1-3-7-13(9-12(14)15)19(16,17)11-6-4-5-10(8-11)18-2/h1,4-6,8H,7,9H2,2H3,(H,14,15). The number of hydrogen-bond donors (Lipinski definition) is 1. The maximum Gasteiger partial charge on any atom is 0.318 e. The fourth-order valence-corrected chi connectivity index (χ4v) is 2.73. The predicted octanol–water partition coefficient (Wildman–Crippen LogP) is 0.404. The average Bonchev–Trinajstić information content (AvgIpc) is 2.38. The smallest absolute Gasteiger partial charge is 0.318 e. The zero-order valence-corrected chi connectivity index (χ0v) is 11.1. The molecule has 0 saturated carbocycles. The maximum absolute atomic E-state index is 12.2. The molecule has 0 bridgehead atoms. The molecule has 0 unspecified atom stereocenters. The van der Waals surface area contributed by atoms with E-state index in [2.05, 4.69) is 5.92 Å². The fourth-order valence-electron chi connectivity index (χ4n) is 1.39. The summed E-state index contributed by atoms with van der Waals surface area (Å²) in [6, 6.07) is 5.74. The van der Waals surface area contributed by atoms with E-state index < -0.39 is 22.5 Å². The Morgan fingerprint density at radius 2 is 2.21 bits per heavy atom. The lowest BCUT2D eigenvalue weighted by Gasteiger charge is -2.18. The zero-order chi connectivity index (χ0) is 14.5. The van der Waals surface area contributed by atoms with Crippen LogP contribution in [-0.2, 0) is 14.8 Å². The van der Waals surface area contributed by atoms with Crippen LogP contribution >= 0.6 is 0 Å². The Bertz CT molecular complexity index is 603. The summed E-state index contributed by atoms with van der Waals surface area (Å²) in [7, 11) is -2.56. The van der Waals surface area contributed by atoms with E-state index in [0.717, 1.165) is 0 Å². The van der Waals surface area contributed by atoms with Crippen LogP contribution in [-0.4, -0.2) is 44.0 Å². The molecule has 1 aromatic carbocycles. The van der Waals surface area contributed by atoms with E-state index in [1.165, 1.54) is 25.3 Å².